The van der Waals surface area contributed by atoms with Gasteiger partial charge in [0.1, 0.15) is 5.75 Å². The monoisotopic (exact) mass is 479 g/mol. The first-order chi connectivity index (χ1) is 14.2. The molecule has 0 saturated carbocycles. The Morgan fingerprint density at radius 1 is 1.10 bits per heavy atom. The van der Waals surface area contributed by atoms with E-state index < -0.39 is 22.8 Å². The molecule has 2 aromatic carbocycles. The molecule has 1 atom stereocenters. The molecule has 0 saturated heterocycles. The zero-order valence-corrected chi connectivity index (χ0v) is 18.3. The maximum atomic E-state index is 12.1. The second-order valence-corrected chi connectivity index (χ2v) is 7.51. The third-order valence-electron chi connectivity index (χ3n) is 4.04. The molecule has 10 heteroatoms. The van der Waals surface area contributed by atoms with Crippen LogP contribution in [0.4, 0.5) is 5.69 Å². The summed E-state index contributed by atoms with van der Waals surface area (Å²) in [7, 11) is 0. The lowest BCUT2D eigenvalue weighted by molar-refractivity contribution is -0.386. The Morgan fingerprint density at radius 3 is 2.43 bits per heavy atom. The van der Waals surface area contributed by atoms with Crippen LogP contribution in [0.15, 0.2) is 46.9 Å². The lowest BCUT2D eigenvalue weighted by Gasteiger charge is -2.15. The summed E-state index contributed by atoms with van der Waals surface area (Å²) >= 11 is 3.40. The van der Waals surface area contributed by atoms with E-state index in [1.807, 2.05) is 12.1 Å². The highest BCUT2D eigenvalue weighted by Crippen LogP contribution is 2.29. The number of hydrogen-bond donors (Lipinski definition) is 2. The van der Waals surface area contributed by atoms with Crippen molar-refractivity contribution in [2.24, 2.45) is 0 Å². The number of para-hydroxylation sites is 2. The molecule has 0 spiro atoms. The van der Waals surface area contributed by atoms with Crippen LogP contribution in [0.25, 0.3) is 0 Å². The summed E-state index contributed by atoms with van der Waals surface area (Å²) in [4.78, 5) is 34.4. The van der Waals surface area contributed by atoms with E-state index in [0.717, 1.165) is 10.0 Å². The number of nitro benzene ring substituents is 1. The van der Waals surface area contributed by atoms with Gasteiger partial charge in [0.2, 0.25) is 0 Å². The highest BCUT2D eigenvalue weighted by Gasteiger charge is 2.21. The van der Waals surface area contributed by atoms with Crippen molar-refractivity contribution >= 4 is 33.4 Å². The molecule has 2 rings (SSSR count). The molecule has 1 unspecified atom stereocenters. The van der Waals surface area contributed by atoms with E-state index in [-0.39, 0.29) is 18.0 Å². The quantitative estimate of drug-likeness (QED) is 0.441. The zero-order valence-electron chi connectivity index (χ0n) is 16.7. The predicted molar refractivity (Wildman–Crippen MR) is 113 cm³/mol. The Morgan fingerprint density at radius 2 is 1.80 bits per heavy atom. The van der Waals surface area contributed by atoms with Gasteiger partial charge in [-0.2, -0.15) is 0 Å². The van der Waals surface area contributed by atoms with Gasteiger partial charge in [-0.3, -0.25) is 30.6 Å². The van der Waals surface area contributed by atoms with Crippen LogP contribution >= 0.6 is 15.9 Å². The Balaban J connectivity index is 1.83. The van der Waals surface area contributed by atoms with Gasteiger partial charge in [0.15, 0.2) is 18.5 Å². The minimum atomic E-state index is -1.08. The fourth-order valence-corrected chi connectivity index (χ4v) is 2.87. The van der Waals surface area contributed by atoms with Crippen LogP contribution in [-0.2, 0) is 9.59 Å². The summed E-state index contributed by atoms with van der Waals surface area (Å²) in [6, 6.07) is 11.3. The number of benzene rings is 2. The first kappa shape index (κ1) is 23.1. The largest absolute Gasteiger partial charge is 0.483 e. The molecule has 0 bridgehead atoms. The van der Waals surface area contributed by atoms with Crippen LogP contribution in [0.3, 0.4) is 0 Å². The number of ether oxygens (including phenoxy) is 2. The first-order valence-electron chi connectivity index (χ1n) is 9.10. The maximum absolute atomic E-state index is 12.1. The Kier molecular flexibility index (Phi) is 8.16. The highest BCUT2D eigenvalue weighted by atomic mass is 79.9. The van der Waals surface area contributed by atoms with Crippen LogP contribution in [-0.4, -0.2) is 29.4 Å². The smallest absolute Gasteiger partial charge is 0.310 e. The Labute approximate surface area is 182 Å². The molecular weight excluding hydrogens is 458 g/mol. The minimum Gasteiger partial charge on any atom is -0.483 e. The number of nitro groups is 1. The topological polar surface area (TPSA) is 120 Å². The molecule has 2 amide bonds. The number of hydrazine groups is 1. The molecular formula is C20H22BrN3O6. The van der Waals surface area contributed by atoms with Gasteiger partial charge in [0.25, 0.3) is 11.8 Å². The van der Waals surface area contributed by atoms with E-state index in [1.165, 1.54) is 25.1 Å². The number of halogens is 1. The van der Waals surface area contributed by atoms with Crippen molar-refractivity contribution in [2.45, 2.75) is 32.8 Å². The molecule has 0 aliphatic heterocycles. The van der Waals surface area contributed by atoms with Crippen molar-refractivity contribution < 1.29 is 24.0 Å². The van der Waals surface area contributed by atoms with E-state index in [4.69, 9.17) is 9.47 Å². The summed E-state index contributed by atoms with van der Waals surface area (Å²) in [6.07, 6.45) is -1.08. The van der Waals surface area contributed by atoms with Gasteiger partial charge < -0.3 is 9.47 Å². The maximum Gasteiger partial charge on any atom is 0.310 e. The summed E-state index contributed by atoms with van der Waals surface area (Å²) in [5, 5.41) is 11.0. The van der Waals surface area contributed by atoms with E-state index in [0.29, 0.717) is 11.7 Å². The number of nitrogens with zero attached hydrogens (tertiary/aromatic N) is 1. The van der Waals surface area contributed by atoms with Crippen LogP contribution in [0.5, 0.6) is 11.5 Å². The average Bonchev–Trinajstić information content (AvgIpc) is 2.71. The molecule has 0 aromatic heterocycles. The van der Waals surface area contributed by atoms with Gasteiger partial charge >= 0.3 is 5.69 Å². The fourth-order valence-electron chi connectivity index (χ4n) is 2.36. The summed E-state index contributed by atoms with van der Waals surface area (Å²) < 4.78 is 11.5. The number of rotatable bonds is 8. The fraction of sp³-hybridized carbons (Fsp3) is 0.300. The Bertz CT molecular complexity index is 935. The van der Waals surface area contributed by atoms with Crippen molar-refractivity contribution in [3.8, 4) is 11.5 Å². The third kappa shape index (κ3) is 6.45. The van der Waals surface area contributed by atoms with Crippen LogP contribution < -0.4 is 20.3 Å². The standard InChI is InChI=1S/C20H22BrN3O6/c1-12(2)14-8-9-17(15(21)10-14)29-11-19(25)22-23-20(26)13(3)30-18-7-5-4-6-16(18)24(27)28/h4-10,12-13H,11H2,1-3H3,(H,22,25)(H,23,26). The van der Waals surface area contributed by atoms with Crippen molar-refractivity contribution in [1.29, 1.82) is 0 Å². The minimum absolute atomic E-state index is 0.0468. The summed E-state index contributed by atoms with van der Waals surface area (Å²) in [5.41, 5.74) is 5.28. The molecule has 30 heavy (non-hydrogen) atoms. The lowest BCUT2D eigenvalue weighted by Crippen LogP contribution is -2.48. The van der Waals surface area contributed by atoms with Gasteiger partial charge in [-0.15, -0.1) is 0 Å². The van der Waals surface area contributed by atoms with Gasteiger partial charge in [0, 0.05) is 6.07 Å². The van der Waals surface area contributed by atoms with Gasteiger partial charge in [-0.05, 0) is 52.5 Å². The van der Waals surface area contributed by atoms with E-state index in [9.17, 15) is 19.7 Å². The van der Waals surface area contributed by atoms with Gasteiger partial charge in [-0.25, -0.2) is 0 Å². The van der Waals surface area contributed by atoms with Crippen molar-refractivity contribution in [1.82, 2.24) is 10.9 Å². The molecule has 160 valence electrons. The average molecular weight is 480 g/mol. The molecule has 0 radical (unpaired) electrons. The Hall–Kier alpha value is -3.14. The summed E-state index contributed by atoms with van der Waals surface area (Å²) in [6.45, 7) is 5.22. The van der Waals surface area contributed by atoms with E-state index in [2.05, 4.69) is 40.6 Å². The molecule has 0 fully saturated rings. The van der Waals surface area contributed by atoms with E-state index >= 15 is 0 Å². The van der Waals surface area contributed by atoms with Crippen LogP contribution in [0, 0.1) is 10.1 Å². The van der Waals surface area contributed by atoms with E-state index in [1.54, 1.807) is 12.1 Å². The van der Waals surface area contributed by atoms with Crippen molar-refractivity contribution in [3.63, 3.8) is 0 Å². The molecule has 9 nitrogen and oxygen atoms in total. The number of carbonyl (C=O) groups is 2. The lowest BCUT2D eigenvalue weighted by atomic mass is 10.0. The van der Waals surface area contributed by atoms with Crippen molar-refractivity contribution in [3.05, 3.63) is 62.6 Å². The summed E-state index contributed by atoms with van der Waals surface area (Å²) in [5.74, 6) is -0.455. The van der Waals surface area contributed by atoms with Gasteiger partial charge in [0.05, 0.1) is 9.40 Å². The number of amides is 2. The number of carbonyl (C=O) groups excluding carboxylic acids is 2. The number of nitrogens with one attached hydrogen (secondary N) is 2. The predicted octanol–water partition coefficient (Wildman–Crippen LogP) is 3.47. The molecule has 0 aliphatic rings. The molecule has 0 heterocycles. The first-order valence-corrected chi connectivity index (χ1v) is 9.89. The SMILES string of the molecule is CC(Oc1ccccc1[N+](=O)[O-])C(=O)NNC(=O)COc1ccc(C(C)C)cc1Br. The number of hydrogen-bond acceptors (Lipinski definition) is 6. The van der Waals surface area contributed by atoms with Gasteiger partial charge in [-0.1, -0.05) is 32.0 Å². The molecule has 2 N–H and O–H groups in total. The second kappa shape index (κ2) is 10.6. The highest BCUT2D eigenvalue weighted by molar-refractivity contribution is 9.10. The zero-order chi connectivity index (χ0) is 22.3. The second-order valence-electron chi connectivity index (χ2n) is 6.66. The van der Waals surface area contributed by atoms with Crippen LogP contribution in [0.1, 0.15) is 32.3 Å². The molecule has 2 aromatic rings. The normalized spacial score (nSPS) is 11.5. The van der Waals surface area contributed by atoms with Crippen LogP contribution in [0.2, 0.25) is 0 Å². The third-order valence-corrected chi connectivity index (χ3v) is 4.66. The van der Waals surface area contributed by atoms with Crippen molar-refractivity contribution in [2.75, 3.05) is 6.61 Å². The molecule has 0 aliphatic carbocycles.